The maximum Gasteiger partial charge on any atom is 0.108 e. The van der Waals surface area contributed by atoms with Crippen molar-refractivity contribution in [3.63, 3.8) is 0 Å². The van der Waals surface area contributed by atoms with Crippen LogP contribution >= 0.6 is 0 Å². The first-order chi connectivity index (χ1) is 5.16. The summed E-state index contributed by atoms with van der Waals surface area (Å²) in [5.74, 6) is 0.581. The van der Waals surface area contributed by atoms with Gasteiger partial charge in [0.15, 0.2) is 0 Å². The van der Waals surface area contributed by atoms with Crippen molar-refractivity contribution in [1.29, 1.82) is 0 Å². The van der Waals surface area contributed by atoms with E-state index >= 15 is 0 Å². The van der Waals surface area contributed by atoms with Gasteiger partial charge in [-0.3, -0.25) is 0 Å². The minimum absolute atomic E-state index is 0.134. The average molecular weight is 155 g/mol. The van der Waals surface area contributed by atoms with Crippen molar-refractivity contribution in [3.8, 4) is 0 Å². The Kier molecular flexibility index (Phi) is 5.71. The van der Waals surface area contributed by atoms with Crippen LogP contribution in [-0.4, -0.2) is 18.7 Å². The standard InChI is InChI=1S/C8H17N3/c1-4-10-6-11-8(9)5-7(2)3/h7-8H,4-5,9H2,1-3H3/t8-/m1/s1. The van der Waals surface area contributed by atoms with Crippen LogP contribution in [0.4, 0.5) is 0 Å². The normalized spacial score (nSPS) is 12.5. The maximum atomic E-state index is 5.63. The van der Waals surface area contributed by atoms with Gasteiger partial charge >= 0.3 is 0 Å². The zero-order chi connectivity index (χ0) is 8.69. The lowest BCUT2D eigenvalue weighted by Gasteiger charge is -2.05. The van der Waals surface area contributed by atoms with Gasteiger partial charge in [0.2, 0.25) is 0 Å². The lowest BCUT2D eigenvalue weighted by atomic mass is 10.1. The van der Waals surface area contributed by atoms with Crippen molar-refractivity contribution in [2.24, 2.45) is 21.6 Å². The molecule has 0 aromatic rings. The molecular weight excluding hydrogens is 138 g/mol. The van der Waals surface area contributed by atoms with E-state index in [-0.39, 0.29) is 6.17 Å². The Labute approximate surface area is 68.4 Å². The van der Waals surface area contributed by atoms with Gasteiger partial charge in [-0.25, -0.2) is 9.98 Å². The summed E-state index contributed by atoms with van der Waals surface area (Å²) in [4.78, 5) is 7.74. The lowest BCUT2D eigenvalue weighted by molar-refractivity contribution is 0.509. The zero-order valence-electron chi connectivity index (χ0n) is 7.54. The third-order valence-corrected chi connectivity index (χ3v) is 1.17. The van der Waals surface area contributed by atoms with Gasteiger partial charge in [-0.2, -0.15) is 0 Å². The van der Waals surface area contributed by atoms with Crippen molar-refractivity contribution < 1.29 is 0 Å². The van der Waals surface area contributed by atoms with E-state index in [4.69, 9.17) is 5.73 Å². The summed E-state index contributed by atoms with van der Waals surface area (Å²) in [6.45, 7) is 6.90. The highest BCUT2D eigenvalue weighted by molar-refractivity contribution is 5.41. The second-order valence-corrected chi connectivity index (χ2v) is 2.90. The molecule has 0 spiro atoms. The van der Waals surface area contributed by atoms with Crippen LogP contribution in [0, 0.1) is 5.92 Å². The monoisotopic (exact) mass is 155 g/mol. The summed E-state index contributed by atoms with van der Waals surface area (Å²) in [5.41, 5.74) is 5.63. The van der Waals surface area contributed by atoms with Crippen molar-refractivity contribution in [2.45, 2.75) is 33.4 Å². The van der Waals surface area contributed by atoms with Crippen LogP contribution in [0.2, 0.25) is 0 Å². The van der Waals surface area contributed by atoms with E-state index in [0.717, 1.165) is 13.0 Å². The van der Waals surface area contributed by atoms with Crippen LogP contribution < -0.4 is 5.73 Å². The Morgan fingerprint density at radius 2 is 2.09 bits per heavy atom. The van der Waals surface area contributed by atoms with Crippen molar-refractivity contribution >= 4 is 6.01 Å². The predicted molar refractivity (Wildman–Crippen MR) is 47.8 cm³/mol. The van der Waals surface area contributed by atoms with Gasteiger partial charge < -0.3 is 5.73 Å². The SMILES string of the molecule is CCN=C=N[C@@H](N)CC(C)C. The first kappa shape index (κ1) is 10.3. The highest BCUT2D eigenvalue weighted by Gasteiger charge is 2.00. The largest absolute Gasteiger partial charge is 0.309 e. The Bertz CT molecular complexity index is 145. The molecule has 3 nitrogen and oxygen atoms in total. The molecule has 0 heterocycles. The Balaban J connectivity index is 3.67. The molecule has 3 heteroatoms. The molecule has 0 aromatic heterocycles. The number of rotatable bonds is 4. The first-order valence-electron chi connectivity index (χ1n) is 4.03. The van der Waals surface area contributed by atoms with E-state index < -0.39 is 0 Å². The van der Waals surface area contributed by atoms with E-state index in [1.54, 1.807) is 0 Å². The van der Waals surface area contributed by atoms with Crippen molar-refractivity contribution in [2.75, 3.05) is 6.54 Å². The number of hydrogen-bond acceptors (Lipinski definition) is 3. The minimum atomic E-state index is -0.134. The lowest BCUT2D eigenvalue weighted by Crippen LogP contribution is -2.18. The van der Waals surface area contributed by atoms with Crippen LogP contribution in [0.3, 0.4) is 0 Å². The summed E-state index contributed by atoms with van der Waals surface area (Å²) < 4.78 is 0. The molecule has 0 bridgehead atoms. The molecule has 0 aromatic carbocycles. The van der Waals surface area contributed by atoms with E-state index in [0.29, 0.717) is 5.92 Å². The minimum Gasteiger partial charge on any atom is -0.309 e. The molecule has 0 radical (unpaired) electrons. The van der Waals surface area contributed by atoms with E-state index in [9.17, 15) is 0 Å². The second-order valence-electron chi connectivity index (χ2n) is 2.90. The van der Waals surface area contributed by atoms with Crippen LogP contribution in [0.5, 0.6) is 0 Å². The molecular formula is C8H17N3. The Hall–Kier alpha value is -0.660. The smallest absolute Gasteiger partial charge is 0.108 e. The molecule has 11 heavy (non-hydrogen) atoms. The fourth-order valence-corrected chi connectivity index (χ4v) is 0.721. The summed E-state index contributed by atoms with van der Waals surface area (Å²) in [5, 5.41) is 0. The van der Waals surface area contributed by atoms with E-state index in [1.165, 1.54) is 0 Å². The second kappa shape index (κ2) is 6.08. The molecule has 1 atom stereocenters. The molecule has 0 rings (SSSR count). The van der Waals surface area contributed by atoms with Gasteiger partial charge in [-0.1, -0.05) is 13.8 Å². The molecule has 0 fully saturated rings. The van der Waals surface area contributed by atoms with Gasteiger partial charge in [0, 0.05) is 6.54 Å². The Morgan fingerprint density at radius 1 is 1.45 bits per heavy atom. The van der Waals surface area contributed by atoms with Gasteiger partial charge in [-0.05, 0) is 19.3 Å². The molecule has 64 valence electrons. The Morgan fingerprint density at radius 3 is 2.55 bits per heavy atom. The maximum absolute atomic E-state index is 5.63. The summed E-state index contributed by atoms with van der Waals surface area (Å²) in [6.07, 6.45) is 0.761. The summed E-state index contributed by atoms with van der Waals surface area (Å²) >= 11 is 0. The van der Waals surface area contributed by atoms with Crippen molar-refractivity contribution in [3.05, 3.63) is 0 Å². The molecule has 0 aliphatic rings. The van der Waals surface area contributed by atoms with Crippen LogP contribution in [-0.2, 0) is 0 Å². The fraction of sp³-hybridized carbons (Fsp3) is 0.875. The first-order valence-corrected chi connectivity index (χ1v) is 4.03. The molecule has 0 aliphatic heterocycles. The van der Waals surface area contributed by atoms with Crippen LogP contribution in [0.1, 0.15) is 27.2 Å². The van der Waals surface area contributed by atoms with Crippen LogP contribution in [0.15, 0.2) is 9.98 Å². The quantitative estimate of drug-likeness (QED) is 0.615. The fourth-order valence-electron chi connectivity index (χ4n) is 0.721. The van der Waals surface area contributed by atoms with Gasteiger partial charge in [0.1, 0.15) is 6.17 Å². The van der Waals surface area contributed by atoms with Crippen LogP contribution in [0.25, 0.3) is 0 Å². The predicted octanol–water partition coefficient (Wildman–Crippen LogP) is 1.51. The van der Waals surface area contributed by atoms with Gasteiger partial charge in [-0.15, -0.1) is 0 Å². The number of hydrogen-bond donors (Lipinski definition) is 1. The molecule has 2 N–H and O–H groups in total. The zero-order valence-corrected chi connectivity index (χ0v) is 7.54. The van der Waals surface area contributed by atoms with Gasteiger partial charge in [0.05, 0.1) is 6.01 Å². The molecule has 0 saturated heterocycles. The molecule has 0 saturated carbocycles. The molecule has 0 unspecified atom stereocenters. The summed E-state index contributed by atoms with van der Waals surface area (Å²) in [7, 11) is 0. The summed E-state index contributed by atoms with van der Waals surface area (Å²) in [6, 6.07) is 2.57. The van der Waals surface area contributed by atoms with Crippen molar-refractivity contribution in [1.82, 2.24) is 0 Å². The third-order valence-electron chi connectivity index (χ3n) is 1.17. The molecule has 0 aliphatic carbocycles. The highest BCUT2D eigenvalue weighted by atomic mass is 14.9. The number of nitrogens with two attached hydrogens (primary N) is 1. The van der Waals surface area contributed by atoms with Gasteiger partial charge in [0.25, 0.3) is 0 Å². The van der Waals surface area contributed by atoms with E-state index in [1.807, 2.05) is 6.92 Å². The average Bonchev–Trinajstić information content (AvgIpc) is 1.86. The number of aliphatic imine (C=N–C) groups is 2. The topological polar surface area (TPSA) is 50.7 Å². The highest BCUT2D eigenvalue weighted by Crippen LogP contribution is 2.02. The third kappa shape index (κ3) is 7.23. The number of nitrogens with zero attached hydrogens (tertiary/aromatic N) is 2. The molecule has 0 amide bonds. The van der Waals surface area contributed by atoms with E-state index in [2.05, 4.69) is 29.8 Å².